The molecule has 0 saturated heterocycles. The van der Waals surface area contributed by atoms with Gasteiger partial charge in [0.2, 0.25) is 5.91 Å². The highest BCUT2D eigenvalue weighted by atomic mass is 16.5. The molecule has 0 radical (unpaired) electrons. The van der Waals surface area contributed by atoms with Crippen LogP contribution in [0, 0.1) is 0 Å². The molecule has 1 atom stereocenters. The van der Waals surface area contributed by atoms with Gasteiger partial charge in [-0.3, -0.25) is 14.7 Å². The van der Waals surface area contributed by atoms with E-state index in [1.54, 1.807) is 13.3 Å². The number of hydrogen-bond donors (Lipinski definition) is 0. The third-order valence-electron chi connectivity index (χ3n) is 4.46. The number of nitrogens with zero attached hydrogens (tertiary/aromatic N) is 3. The molecule has 0 spiro atoms. The fraction of sp³-hybridized carbons (Fsp3) is 0.368. The maximum Gasteiger partial charge on any atom is 0.241 e. The van der Waals surface area contributed by atoms with Crippen LogP contribution in [0.25, 0.3) is 0 Å². The molecule has 3 rings (SSSR count). The van der Waals surface area contributed by atoms with E-state index in [-0.39, 0.29) is 11.9 Å². The van der Waals surface area contributed by atoms with E-state index < -0.39 is 0 Å². The number of hydrogen-bond acceptors (Lipinski definition) is 4. The van der Waals surface area contributed by atoms with E-state index in [0.717, 1.165) is 24.3 Å². The van der Waals surface area contributed by atoms with Crippen molar-refractivity contribution in [2.45, 2.75) is 12.5 Å². The van der Waals surface area contributed by atoms with Gasteiger partial charge in [-0.2, -0.15) is 0 Å². The molecule has 126 valence electrons. The average molecular weight is 325 g/mol. The van der Waals surface area contributed by atoms with Crippen LogP contribution in [0.3, 0.4) is 0 Å². The van der Waals surface area contributed by atoms with Crippen LogP contribution < -0.4 is 4.90 Å². The van der Waals surface area contributed by atoms with Gasteiger partial charge in [0.25, 0.3) is 0 Å². The molecule has 0 fully saturated rings. The molecule has 0 bridgehead atoms. The number of fused-ring (bicyclic) bond motifs is 1. The molecule has 1 aromatic carbocycles. The predicted octanol–water partition coefficient (Wildman–Crippen LogP) is 2.29. The Balaban J connectivity index is 1.71. The summed E-state index contributed by atoms with van der Waals surface area (Å²) >= 11 is 0. The first-order valence-corrected chi connectivity index (χ1v) is 8.19. The summed E-state index contributed by atoms with van der Waals surface area (Å²) in [6.45, 7) is 1.58. The zero-order valence-electron chi connectivity index (χ0n) is 14.2. The van der Waals surface area contributed by atoms with Gasteiger partial charge in [-0.15, -0.1) is 0 Å². The van der Waals surface area contributed by atoms with E-state index >= 15 is 0 Å². The van der Waals surface area contributed by atoms with Crippen LogP contribution in [0.2, 0.25) is 0 Å². The van der Waals surface area contributed by atoms with Gasteiger partial charge in [0, 0.05) is 25.5 Å². The van der Waals surface area contributed by atoms with Crippen molar-refractivity contribution < 1.29 is 9.53 Å². The highest BCUT2D eigenvalue weighted by Crippen LogP contribution is 2.28. The zero-order valence-corrected chi connectivity index (χ0v) is 14.2. The first kappa shape index (κ1) is 16.6. The van der Waals surface area contributed by atoms with Crippen LogP contribution in [0.15, 0.2) is 48.7 Å². The Hall–Kier alpha value is -2.24. The molecule has 2 aromatic rings. The molecule has 1 unspecified atom stereocenters. The van der Waals surface area contributed by atoms with Gasteiger partial charge in [0.1, 0.15) is 0 Å². The minimum atomic E-state index is -0.0435. The van der Waals surface area contributed by atoms with Crippen LogP contribution in [0.1, 0.15) is 17.3 Å². The third-order valence-corrected chi connectivity index (χ3v) is 4.46. The molecular formula is C19H23N3O2. The number of carbonyl (C=O) groups is 1. The fourth-order valence-electron chi connectivity index (χ4n) is 3.18. The average Bonchev–Trinajstić information content (AvgIpc) is 3.04. The van der Waals surface area contributed by atoms with Crippen LogP contribution in [-0.2, 0) is 16.0 Å². The van der Waals surface area contributed by atoms with Crippen molar-refractivity contribution in [3.63, 3.8) is 0 Å². The van der Waals surface area contributed by atoms with Gasteiger partial charge in [-0.05, 0) is 37.2 Å². The van der Waals surface area contributed by atoms with Crippen LogP contribution in [0.4, 0.5) is 5.69 Å². The van der Waals surface area contributed by atoms with E-state index in [0.29, 0.717) is 13.2 Å². The van der Waals surface area contributed by atoms with Crippen LogP contribution in [-0.4, -0.2) is 49.6 Å². The Labute approximate surface area is 142 Å². The van der Waals surface area contributed by atoms with Crippen molar-refractivity contribution in [2.24, 2.45) is 0 Å². The number of methoxy groups -OCH3 is 1. The second kappa shape index (κ2) is 7.55. The second-order valence-electron chi connectivity index (χ2n) is 6.06. The topological polar surface area (TPSA) is 45.7 Å². The van der Waals surface area contributed by atoms with Gasteiger partial charge in [0.05, 0.1) is 24.9 Å². The summed E-state index contributed by atoms with van der Waals surface area (Å²) in [5.74, 6) is 0.111. The largest absolute Gasteiger partial charge is 0.383 e. The number of ether oxygens (including phenoxy) is 1. The Bertz CT molecular complexity index is 690. The summed E-state index contributed by atoms with van der Waals surface area (Å²) in [6.07, 6.45) is 2.69. The maximum atomic E-state index is 12.8. The molecule has 24 heavy (non-hydrogen) atoms. The lowest BCUT2D eigenvalue weighted by Crippen LogP contribution is -2.40. The van der Waals surface area contributed by atoms with Crippen LogP contribution in [0.5, 0.6) is 0 Å². The number of aromatic nitrogens is 1. The standard InChI is InChI=1S/C19H23N3O2/c1-21(18(14-24-2)16-8-5-6-11-20-16)13-19(23)22-12-10-15-7-3-4-9-17(15)22/h3-9,11,18H,10,12-14H2,1-2H3. The molecule has 0 N–H and O–H groups in total. The van der Waals surface area contributed by atoms with E-state index in [1.807, 2.05) is 53.2 Å². The summed E-state index contributed by atoms with van der Waals surface area (Å²) < 4.78 is 5.34. The Kier molecular flexibility index (Phi) is 5.23. The number of carbonyl (C=O) groups excluding carboxylic acids is 1. The smallest absolute Gasteiger partial charge is 0.241 e. The molecule has 1 aliphatic heterocycles. The number of amides is 1. The first-order chi connectivity index (χ1) is 11.7. The third kappa shape index (κ3) is 3.47. The minimum absolute atomic E-state index is 0.0435. The van der Waals surface area contributed by atoms with Gasteiger partial charge in [-0.1, -0.05) is 24.3 Å². The molecule has 1 aromatic heterocycles. The summed E-state index contributed by atoms with van der Waals surface area (Å²) in [7, 11) is 3.61. The minimum Gasteiger partial charge on any atom is -0.383 e. The second-order valence-corrected chi connectivity index (χ2v) is 6.06. The summed E-state index contributed by atoms with van der Waals surface area (Å²) in [5.41, 5.74) is 3.19. The lowest BCUT2D eigenvalue weighted by molar-refractivity contribution is -0.120. The van der Waals surface area contributed by atoms with Gasteiger partial charge in [0.15, 0.2) is 0 Å². The van der Waals surface area contributed by atoms with E-state index in [9.17, 15) is 4.79 Å². The predicted molar refractivity (Wildman–Crippen MR) is 94.0 cm³/mol. The van der Waals surface area contributed by atoms with E-state index in [2.05, 4.69) is 11.1 Å². The molecule has 0 aliphatic carbocycles. The Morgan fingerprint density at radius 3 is 2.83 bits per heavy atom. The summed E-state index contributed by atoms with van der Waals surface area (Å²) in [4.78, 5) is 21.1. The number of likely N-dealkylation sites (N-methyl/N-ethyl adjacent to an activating group) is 1. The molecule has 0 saturated carbocycles. The van der Waals surface area contributed by atoms with Crippen molar-refractivity contribution in [3.8, 4) is 0 Å². The number of rotatable bonds is 6. The van der Waals surface area contributed by atoms with Gasteiger partial charge in [-0.25, -0.2) is 0 Å². The lowest BCUT2D eigenvalue weighted by atomic mass is 10.1. The molecule has 5 heteroatoms. The number of anilines is 1. The Morgan fingerprint density at radius 1 is 1.29 bits per heavy atom. The maximum absolute atomic E-state index is 12.8. The summed E-state index contributed by atoms with van der Waals surface area (Å²) in [5, 5.41) is 0. The van der Waals surface area contributed by atoms with Crippen molar-refractivity contribution in [1.82, 2.24) is 9.88 Å². The Morgan fingerprint density at radius 2 is 2.08 bits per heavy atom. The van der Waals surface area contributed by atoms with Gasteiger partial charge >= 0.3 is 0 Å². The number of benzene rings is 1. The van der Waals surface area contributed by atoms with Gasteiger partial charge < -0.3 is 9.64 Å². The van der Waals surface area contributed by atoms with E-state index in [1.165, 1.54) is 5.56 Å². The summed E-state index contributed by atoms with van der Waals surface area (Å²) in [6, 6.07) is 13.9. The molecular weight excluding hydrogens is 302 g/mol. The molecule has 5 nitrogen and oxygen atoms in total. The number of para-hydroxylation sites is 1. The fourth-order valence-corrected chi connectivity index (χ4v) is 3.18. The highest BCUT2D eigenvalue weighted by molar-refractivity contribution is 5.96. The van der Waals surface area contributed by atoms with Crippen molar-refractivity contribution >= 4 is 11.6 Å². The SMILES string of the molecule is COCC(c1ccccn1)N(C)CC(=O)N1CCc2ccccc21. The van der Waals surface area contributed by atoms with Crippen LogP contribution >= 0.6 is 0 Å². The zero-order chi connectivity index (χ0) is 16.9. The van der Waals surface area contributed by atoms with Crippen molar-refractivity contribution in [2.75, 3.05) is 38.8 Å². The first-order valence-electron chi connectivity index (χ1n) is 8.19. The van der Waals surface area contributed by atoms with Crippen molar-refractivity contribution in [1.29, 1.82) is 0 Å². The van der Waals surface area contributed by atoms with E-state index in [4.69, 9.17) is 4.74 Å². The molecule has 1 amide bonds. The monoisotopic (exact) mass is 325 g/mol. The number of pyridine rings is 1. The molecule has 1 aliphatic rings. The highest BCUT2D eigenvalue weighted by Gasteiger charge is 2.27. The quantitative estimate of drug-likeness (QED) is 0.817. The van der Waals surface area contributed by atoms with Crippen molar-refractivity contribution in [3.05, 3.63) is 59.9 Å². The lowest BCUT2D eigenvalue weighted by Gasteiger charge is -2.28. The molecule has 2 heterocycles. The normalized spacial score (nSPS) is 14.7.